The first-order valence-electron chi connectivity index (χ1n) is 8.61. The van der Waals surface area contributed by atoms with Gasteiger partial charge in [0.1, 0.15) is 5.60 Å². The summed E-state index contributed by atoms with van der Waals surface area (Å²) in [5.41, 5.74) is 1.70. The molecule has 2 bridgehead atoms. The van der Waals surface area contributed by atoms with Gasteiger partial charge in [-0.1, -0.05) is 36.0 Å². The van der Waals surface area contributed by atoms with Crippen LogP contribution in [0.3, 0.4) is 0 Å². The van der Waals surface area contributed by atoms with Crippen molar-refractivity contribution >= 4 is 11.9 Å². The molecule has 2 fully saturated rings. The van der Waals surface area contributed by atoms with E-state index in [-0.39, 0.29) is 5.91 Å². The second-order valence-corrected chi connectivity index (χ2v) is 7.59. The summed E-state index contributed by atoms with van der Waals surface area (Å²) in [6.07, 6.45) is 8.35. The molecule has 4 aliphatic rings. The van der Waals surface area contributed by atoms with Gasteiger partial charge in [-0.15, -0.1) is 0 Å². The minimum Gasteiger partial charge on any atom is -0.550 e. The minimum absolute atomic E-state index is 0.112. The Morgan fingerprint density at radius 3 is 2.96 bits per heavy atom. The molecule has 4 rings (SSSR count). The van der Waals surface area contributed by atoms with Crippen molar-refractivity contribution < 1.29 is 19.4 Å². The molecule has 5 heteroatoms. The van der Waals surface area contributed by atoms with Crippen LogP contribution >= 0.6 is 0 Å². The second kappa shape index (κ2) is 5.31. The molecule has 1 amide bonds. The summed E-state index contributed by atoms with van der Waals surface area (Å²) in [5, 5.41) is 11.5. The van der Waals surface area contributed by atoms with Crippen LogP contribution in [-0.2, 0) is 14.3 Å². The lowest BCUT2D eigenvalue weighted by atomic mass is 9.77. The van der Waals surface area contributed by atoms with Gasteiger partial charge in [-0.3, -0.25) is 4.79 Å². The number of likely N-dealkylation sites (tertiary alicyclic amines) is 1. The van der Waals surface area contributed by atoms with Crippen LogP contribution in [0.1, 0.15) is 26.2 Å². The molecule has 1 aliphatic carbocycles. The molecular formula is C19H22NO4-. The Balaban J connectivity index is 1.50. The molecule has 1 spiro atoms. The molecule has 0 unspecified atom stereocenters. The first-order chi connectivity index (χ1) is 11.4. The maximum atomic E-state index is 12.8. The summed E-state index contributed by atoms with van der Waals surface area (Å²) >= 11 is 0. The molecule has 24 heavy (non-hydrogen) atoms. The fourth-order valence-electron chi connectivity index (χ4n) is 4.71. The SMILES string of the molecule is C=C(C)[C@@H]1CC=C(CN2C[C@@]34C=C[C@H](O3)[C@@H](C(=O)[O-])[C@H]4C2=O)CC1. The highest BCUT2D eigenvalue weighted by atomic mass is 16.5. The van der Waals surface area contributed by atoms with E-state index in [1.165, 1.54) is 11.1 Å². The summed E-state index contributed by atoms with van der Waals surface area (Å²) in [6, 6.07) is 0. The number of carboxylic acids is 1. The third-order valence-corrected chi connectivity index (χ3v) is 6.05. The molecule has 5 atom stereocenters. The van der Waals surface area contributed by atoms with Gasteiger partial charge in [0.15, 0.2) is 0 Å². The minimum atomic E-state index is -1.19. The van der Waals surface area contributed by atoms with Crippen LogP contribution in [0.4, 0.5) is 0 Å². The zero-order chi connectivity index (χ0) is 17.1. The Kier molecular flexibility index (Phi) is 3.46. The zero-order valence-electron chi connectivity index (χ0n) is 13.9. The number of allylic oxidation sites excluding steroid dienone is 2. The van der Waals surface area contributed by atoms with Gasteiger partial charge >= 0.3 is 0 Å². The Morgan fingerprint density at radius 1 is 1.54 bits per heavy atom. The number of hydrogen-bond acceptors (Lipinski definition) is 4. The third-order valence-electron chi connectivity index (χ3n) is 6.05. The lowest BCUT2D eigenvalue weighted by Crippen LogP contribution is -2.45. The van der Waals surface area contributed by atoms with Crippen molar-refractivity contribution in [2.45, 2.75) is 37.9 Å². The number of nitrogens with zero attached hydrogens (tertiary/aromatic N) is 1. The lowest BCUT2D eigenvalue weighted by Gasteiger charge is -2.27. The monoisotopic (exact) mass is 328 g/mol. The molecule has 0 aromatic rings. The van der Waals surface area contributed by atoms with E-state index < -0.39 is 29.5 Å². The zero-order valence-corrected chi connectivity index (χ0v) is 13.9. The molecule has 5 nitrogen and oxygen atoms in total. The van der Waals surface area contributed by atoms with Crippen LogP contribution < -0.4 is 5.11 Å². The number of fused-ring (bicyclic) bond motifs is 1. The number of hydrogen-bond donors (Lipinski definition) is 0. The van der Waals surface area contributed by atoms with Crippen molar-refractivity contribution in [1.82, 2.24) is 4.90 Å². The topological polar surface area (TPSA) is 69.7 Å². The smallest absolute Gasteiger partial charge is 0.230 e. The Hall–Kier alpha value is -1.88. The summed E-state index contributed by atoms with van der Waals surface area (Å²) in [6.45, 7) is 7.10. The lowest BCUT2D eigenvalue weighted by molar-refractivity contribution is -0.313. The van der Waals surface area contributed by atoms with Crippen molar-refractivity contribution in [3.8, 4) is 0 Å². The van der Waals surface area contributed by atoms with E-state index >= 15 is 0 Å². The van der Waals surface area contributed by atoms with Gasteiger partial charge in [0.25, 0.3) is 0 Å². The maximum Gasteiger partial charge on any atom is 0.230 e. The predicted octanol–water partition coefficient (Wildman–Crippen LogP) is 0.821. The first kappa shape index (κ1) is 15.6. The van der Waals surface area contributed by atoms with Crippen molar-refractivity contribution in [1.29, 1.82) is 0 Å². The van der Waals surface area contributed by atoms with Crippen LogP contribution in [0.25, 0.3) is 0 Å². The standard InChI is InChI=1S/C19H23NO4/c1-11(2)13-5-3-12(4-6-13)9-20-10-19-8-7-14(24-19)15(18(22)23)16(19)17(20)21/h3,7-8,13-16H,1,4-6,9-10H2,2H3,(H,22,23)/p-1/t13-,14+,15-,16+,19-/m1/s1. The summed E-state index contributed by atoms with van der Waals surface area (Å²) in [5.74, 6) is -2.26. The van der Waals surface area contributed by atoms with Gasteiger partial charge in [0, 0.05) is 18.4 Å². The normalized spacial score (nSPS) is 40.0. The van der Waals surface area contributed by atoms with Crippen LogP contribution in [0.2, 0.25) is 0 Å². The van der Waals surface area contributed by atoms with Crippen LogP contribution in [0.5, 0.6) is 0 Å². The maximum absolute atomic E-state index is 12.8. The van der Waals surface area contributed by atoms with Gasteiger partial charge < -0.3 is 19.5 Å². The van der Waals surface area contributed by atoms with Gasteiger partial charge in [-0.05, 0) is 32.1 Å². The van der Waals surface area contributed by atoms with Crippen molar-refractivity contribution in [2.24, 2.45) is 17.8 Å². The molecule has 0 saturated carbocycles. The van der Waals surface area contributed by atoms with Crippen molar-refractivity contribution in [2.75, 3.05) is 13.1 Å². The molecule has 3 heterocycles. The molecule has 2 saturated heterocycles. The molecule has 0 aromatic carbocycles. The van der Waals surface area contributed by atoms with E-state index in [0.29, 0.717) is 19.0 Å². The highest BCUT2D eigenvalue weighted by Crippen LogP contribution is 2.51. The Bertz CT molecular complexity index is 679. The molecule has 3 aliphatic heterocycles. The van der Waals surface area contributed by atoms with Gasteiger partial charge in [-0.25, -0.2) is 0 Å². The summed E-state index contributed by atoms with van der Waals surface area (Å²) in [4.78, 5) is 26.0. The molecule has 0 N–H and O–H groups in total. The Morgan fingerprint density at radius 2 is 2.33 bits per heavy atom. The number of ether oxygens (including phenoxy) is 1. The van der Waals surface area contributed by atoms with E-state index in [0.717, 1.165) is 19.3 Å². The third kappa shape index (κ3) is 2.18. The number of amides is 1. The molecule has 128 valence electrons. The van der Waals surface area contributed by atoms with Gasteiger partial charge in [-0.2, -0.15) is 0 Å². The largest absolute Gasteiger partial charge is 0.550 e. The highest BCUT2D eigenvalue weighted by Gasteiger charge is 2.65. The van der Waals surface area contributed by atoms with E-state index in [1.54, 1.807) is 11.0 Å². The number of carboxylic acid groups (broad SMARTS) is 1. The summed E-state index contributed by atoms with van der Waals surface area (Å²) < 4.78 is 5.87. The van der Waals surface area contributed by atoms with E-state index in [2.05, 4.69) is 19.6 Å². The number of carbonyl (C=O) groups excluding carboxylic acids is 2. The average Bonchev–Trinajstić information content (AvgIpc) is 3.16. The van der Waals surface area contributed by atoms with E-state index in [1.807, 2.05) is 6.08 Å². The first-order valence-corrected chi connectivity index (χ1v) is 8.61. The Labute approximate surface area is 141 Å². The van der Waals surface area contributed by atoms with Crippen LogP contribution in [-0.4, -0.2) is 41.6 Å². The predicted molar refractivity (Wildman–Crippen MR) is 85.5 cm³/mol. The number of rotatable bonds is 4. The number of aliphatic carboxylic acids is 1. The van der Waals surface area contributed by atoms with Gasteiger partial charge in [0.2, 0.25) is 5.91 Å². The van der Waals surface area contributed by atoms with E-state index in [9.17, 15) is 14.7 Å². The number of carbonyl (C=O) groups is 2. The molecule has 0 aromatic heterocycles. The van der Waals surface area contributed by atoms with E-state index in [4.69, 9.17) is 4.74 Å². The van der Waals surface area contributed by atoms with Crippen molar-refractivity contribution in [3.05, 3.63) is 36.0 Å². The second-order valence-electron chi connectivity index (χ2n) is 7.59. The fourth-order valence-corrected chi connectivity index (χ4v) is 4.71. The van der Waals surface area contributed by atoms with Gasteiger partial charge in [0.05, 0.1) is 18.6 Å². The quantitative estimate of drug-likeness (QED) is 0.717. The average molecular weight is 328 g/mol. The molecule has 0 radical (unpaired) electrons. The van der Waals surface area contributed by atoms with Crippen LogP contribution in [0.15, 0.2) is 36.0 Å². The van der Waals surface area contributed by atoms with Crippen molar-refractivity contribution in [3.63, 3.8) is 0 Å². The van der Waals surface area contributed by atoms with Crippen LogP contribution in [0, 0.1) is 17.8 Å². The molecular weight excluding hydrogens is 306 g/mol. The summed E-state index contributed by atoms with van der Waals surface area (Å²) in [7, 11) is 0. The highest BCUT2D eigenvalue weighted by molar-refractivity contribution is 5.90. The fraction of sp³-hybridized carbons (Fsp3) is 0.579.